The van der Waals surface area contributed by atoms with Gasteiger partial charge in [-0.3, -0.25) is 9.78 Å². The van der Waals surface area contributed by atoms with E-state index in [0.29, 0.717) is 11.5 Å². The van der Waals surface area contributed by atoms with Crippen LogP contribution in [0.3, 0.4) is 0 Å². The van der Waals surface area contributed by atoms with E-state index in [1.165, 1.54) is 0 Å². The number of pyridine rings is 1. The molecule has 1 aromatic heterocycles. The zero-order valence-electron chi connectivity index (χ0n) is 12.4. The van der Waals surface area contributed by atoms with Crippen LogP contribution in [0.15, 0.2) is 18.5 Å². The van der Waals surface area contributed by atoms with Gasteiger partial charge in [-0.15, -0.1) is 0 Å². The Morgan fingerprint density at radius 2 is 2.11 bits per heavy atom. The number of likely N-dealkylation sites (N-methyl/N-ethyl adjacent to an activating group) is 1. The molecule has 1 atom stereocenters. The Labute approximate surface area is 115 Å². The molecular formula is C14H24N4O. The van der Waals surface area contributed by atoms with Crippen LogP contribution < -0.4 is 10.6 Å². The average Bonchev–Trinajstić information content (AvgIpc) is 2.37. The summed E-state index contributed by atoms with van der Waals surface area (Å²) >= 11 is 0. The van der Waals surface area contributed by atoms with Crippen LogP contribution in [0.2, 0.25) is 0 Å². The highest BCUT2D eigenvalue weighted by Gasteiger charge is 2.19. The Morgan fingerprint density at radius 1 is 1.42 bits per heavy atom. The van der Waals surface area contributed by atoms with Crippen molar-refractivity contribution in [2.24, 2.45) is 5.92 Å². The van der Waals surface area contributed by atoms with Gasteiger partial charge < -0.3 is 15.5 Å². The number of nitrogens with zero attached hydrogens (tertiary/aromatic N) is 2. The number of aromatic nitrogens is 1. The van der Waals surface area contributed by atoms with Gasteiger partial charge in [0.25, 0.3) is 5.91 Å². The highest BCUT2D eigenvalue weighted by molar-refractivity contribution is 5.99. The molecule has 0 spiro atoms. The standard InChI is InChI=1S/C14H24N4O/c1-10(2)13(9-18(4)5)17-14(19)11-8-16-7-6-12(11)15-3/h6-8,10,13H,9H2,1-5H3,(H,15,16)(H,17,19). The molecule has 0 aromatic carbocycles. The topological polar surface area (TPSA) is 57.3 Å². The minimum atomic E-state index is -0.0852. The zero-order chi connectivity index (χ0) is 14.4. The number of amides is 1. The highest BCUT2D eigenvalue weighted by atomic mass is 16.1. The van der Waals surface area contributed by atoms with Gasteiger partial charge in [-0.1, -0.05) is 13.8 Å². The second kappa shape index (κ2) is 7.09. The quantitative estimate of drug-likeness (QED) is 0.816. The predicted molar refractivity (Wildman–Crippen MR) is 78.4 cm³/mol. The number of nitrogens with one attached hydrogen (secondary N) is 2. The van der Waals surface area contributed by atoms with Crippen molar-refractivity contribution in [3.8, 4) is 0 Å². The summed E-state index contributed by atoms with van der Waals surface area (Å²) in [6, 6.07) is 1.91. The van der Waals surface area contributed by atoms with E-state index < -0.39 is 0 Å². The second-order valence-electron chi connectivity index (χ2n) is 5.26. The van der Waals surface area contributed by atoms with Crippen LogP contribution in [-0.4, -0.2) is 49.5 Å². The van der Waals surface area contributed by atoms with Gasteiger partial charge in [0.15, 0.2) is 0 Å². The van der Waals surface area contributed by atoms with E-state index in [-0.39, 0.29) is 11.9 Å². The molecule has 0 aliphatic carbocycles. The number of hydrogen-bond donors (Lipinski definition) is 2. The summed E-state index contributed by atoms with van der Waals surface area (Å²) in [6.45, 7) is 5.03. The number of carbonyl (C=O) groups excluding carboxylic acids is 1. The third-order valence-corrected chi connectivity index (χ3v) is 3.02. The molecule has 1 amide bonds. The van der Waals surface area contributed by atoms with Gasteiger partial charge in [-0.05, 0) is 26.1 Å². The fourth-order valence-electron chi connectivity index (χ4n) is 1.86. The molecule has 5 heteroatoms. The summed E-state index contributed by atoms with van der Waals surface area (Å²) in [6.07, 6.45) is 3.26. The summed E-state index contributed by atoms with van der Waals surface area (Å²) in [5.41, 5.74) is 1.37. The normalized spacial score (nSPS) is 12.6. The molecule has 0 aliphatic rings. The first-order chi connectivity index (χ1) is 8.95. The molecule has 0 saturated heterocycles. The van der Waals surface area contributed by atoms with Crippen LogP contribution in [0.4, 0.5) is 5.69 Å². The Balaban J connectivity index is 2.81. The fraction of sp³-hybridized carbons (Fsp3) is 0.571. The maximum atomic E-state index is 12.3. The molecule has 0 radical (unpaired) electrons. The molecule has 1 rings (SSSR count). The van der Waals surface area contributed by atoms with Gasteiger partial charge in [-0.2, -0.15) is 0 Å². The van der Waals surface area contributed by atoms with Crippen molar-refractivity contribution in [2.75, 3.05) is 33.0 Å². The van der Waals surface area contributed by atoms with E-state index in [9.17, 15) is 4.79 Å². The van der Waals surface area contributed by atoms with Crippen LogP contribution in [0.25, 0.3) is 0 Å². The third kappa shape index (κ3) is 4.52. The van der Waals surface area contributed by atoms with Crippen LogP contribution >= 0.6 is 0 Å². The van der Waals surface area contributed by atoms with Crippen molar-refractivity contribution < 1.29 is 4.79 Å². The molecule has 2 N–H and O–H groups in total. The van der Waals surface area contributed by atoms with E-state index in [1.807, 2.05) is 14.1 Å². The summed E-state index contributed by atoms with van der Waals surface area (Å²) in [4.78, 5) is 18.4. The summed E-state index contributed by atoms with van der Waals surface area (Å²) in [5.74, 6) is 0.291. The Kier molecular flexibility index (Phi) is 5.76. The van der Waals surface area contributed by atoms with Gasteiger partial charge in [0.05, 0.1) is 5.56 Å². The van der Waals surface area contributed by atoms with E-state index in [1.54, 1.807) is 25.5 Å². The highest BCUT2D eigenvalue weighted by Crippen LogP contribution is 2.13. The largest absolute Gasteiger partial charge is 0.387 e. The molecule has 1 unspecified atom stereocenters. The van der Waals surface area contributed by atoms with E-state index in [4.69, 9.17) is 0 Å². The van der Waals surface area contributed by atoms with E-state index in [2.05, 4.69) is 34.4 Å². The lowest BCUT2D eigenvalue weighted by Gasteiger charge is -2.26. The van der Waals surface area contributed by atoms with Crippen LogP contribution in [0.5, 0.6) is 0 Å². The fourth-order valence-corrected chi connectivity index (χ4v) is 1.86. The zero-order valence-corrected chi connectivity index (χ0v) is 12.4. The van der Waals surface area contributed by atoms with Gasteiger partial charge >= 0.3 is 0 Å². The van der Waals surface area contributed by atoms with Gasteiger partial charge in [-0.25, -0.2) is 0 Å². The lowest BCUT2D eigenvalue weighted by atomic mass is 10.0. The lowest BCUT2D eigenvalue weighted by molar-refractivity contribution is 0.0917. The van der Waals surface area contributed by atoms with Gasteiger partial charge in [0.2, 0.25) is 0 Å². The molecule has 1 aromatic rings. The molecule has 1 heterocycles. The molecule has 106 valence electrons. The predicted octanol–water partition coefficient (Wildman–Crippen LogP) is 1.44. The van der Waals surface area contributed by atoms with Crippen LogP contribution in [-0.2, 0) is 0 Å². The Bertz CT molecular complexity index is 418. The van der Waals surface area contributed by atoms with Gasteiger partial charge in [0, 0.05) is 37.7 Å². The molecule has 0 bridgehead atoms. The van der Waals surface area contributed by atoms with Crippen LogP contribution in [0.1, 0.15) is 24.2 Å². The molecule has 0 aliphatic heterocycles. The number of rotatable bonds is 6. The Morgan fingerprint density at radius 3 is 2.63 bits per heavy atom. The minimum absolute atomic E-state index is 0.0852. The summed E-state index contributed by atoms with van der Waals surface area (Å²) in [5, 5.41) is 6.09. The smallest absolute Gasteiger partial charge is 0.255 e. The minimum Gasteiger partial charge on any atom is -0.387 e. The van der Waals surface area contributed by atoms with Crippen molar-refractivity contribution in [1.82, 2.24) is 15.2 Å². The SMILES string of the molecule is CNc1ccncc1C(=O)NC(CN(C)C)C(C)C. The molecule has 5 nitrogen and oxygen atoms in total. The first-order valence-electron chi connectivity index (χ1n) is 6.53. The number of anilines is 1. The van der Waals surface area contributed by atoms with Crippen molar-refractivity contribution in [1.29, 1.82) is 0 Å². The second-order valence-corrected chi connectivity index (χ2v) is 5.26. The maximum Gasteiger partial charge on any atom is 0.255 e. The maximum absolute atomic E-state index is 12.3. The lowest BCUT2D eigenvalue weighted by Crippen LogP contribution is -2.45. The van der Waals surface area contributed by atoms with Gasteiger partial charge in [0.1, 0.15) is 0 Å². The molecule has 19 heavy (non-hydrogen) atoms. The third-order valence-electron chi connectivity index (χ3n) is 3.02. The van der Waals surface area contributed by atoms with E-state index >= 15 is 0 Å². The van der Waals surface area contributed by atoms with Crippen molar-refractivity contribution in [3.05, 3.63) is 24.0 Å². The first-order valence-corrected chi connectivity index (χ1v) is 6.53. The monoisotopic (exact) mass is 264 g/mol. The molecule has 0 saturated carbocycles. The summed E-state index contributed by atoms with van der Waals surface area (Å²) in [7, 11) is 5.81. The van der Waals surface area contributed by atoms with Crippen molar-refractivity contribution >= 4 is 11.6 Å². The average molecular weight is 264 g/mol. The van der Waals surface area contributed by atoms with Crippen molar-refractivity contribution in [2.45, 2.75) is 19.9 Å². The molecule has 0 fully saturated rings. The molecular weight excluding hydrogens is 240 g/mol. The Hall–Kier alpha value is -1.62. The number of carbonyl (C=O) groups is 1. The first kappa shape index (κ1) is 15.4. The van der Waals surface area contributed by atoms with E-state index in [0.717, 1.165) is 12.2 Å². The van der Waals surface area contributed by atoms with Crippen LogP contribution in [0, 0.1) is 5.92 Å². The summed E-state index contributed by atoms with van der Waals surface area (Å²) < 4.78 is 0. The van der Waals surface area contributed by atoms with Crippen molar-refractivity contribution in [3.63, 3.8) is 0 Å². The number of hydrogen-bond acceptors (Lipinski definition) is 4.